The van der Waals surface area contributed by atoms with Crippen LogP contribution in [0.15, 0.2) is 0 Å². The molecular weight excluding hydrogens is 191 g/mol. The molecule has 0 heterocycles. The summed E-state index contributed by atoms with van der Waals surface area (Å²) in [6, 6.07) is 0. The van der Waals surface area contributed by atoms with Crippen LogP contribution in [-0.4, -0.2) is 5.97 Å². The fourth-order valence-corrected chi connectivity index (χ4v) is 1.09. The molecule has 0 aromatic heterocycles. The van der Waals surface area contributed by atoms with E-state index in [1.165, 1.54) is 6.42 Å². The third kappa shape index (κ3) is 9.41. The average Bonchev–Trinajstić information content (AvgIpc) is 2.03. The molecule has 0 aliphatic carbocycles. The molecule has 2 atom stereocenters. The van der Waals surface area contributed by atoms with Crippen LogP contribution in [0.2, 0.25) is 0 Å². The smallest absolute Gasteiger partial charge is 0.550 e. The van der Waals surface area contributed by atoms with Gasteiger partial charge in [-0.25, -0.2) is 0 Å². The molecule has 0 rings (SSSR count). The Bertz CT molecular complexity index is 137. The molecule has 0 amide bonds. The van der Waals surface area contributed by atoms with Crippen LogP contribution >= 0.6 is 0 Å². The SMILES string of the molecule is CCC(C)CCCC(C)C(=O)[O-].[K+]. The van der Waals surface area contributed by atoms with Gasteiger partial charge in [-0.3, -0.25) is 0 Å². The summed E-state index contributed by atoms with van der Waals surface area (Å²) in [7, 11) is 0. The minimum Gasteiger partial charge on any atom is -0.550 e. The first kappa shape index (κ1) is 16.5. The first-order valence-electron chi connectivity index (χ1n) is 4.78. The van der Waals surface area contributed by atoms with Gasteiger partial charge >= 0.3 is 51.4 Å². The van der Waals surface area contributed by atoms with Crippen LogP contribution in [-0.2, 0) is 4.79 Å². The number of carbonyl (C=O) groups is 1. The van der Waals surface area contributed by atoms with Crippen molar-refractivity contribution in [3.8, 4) is 0 Å². The van der Waals surface area contributed by atoms with Gasteiger partial charge in [-0.2, -0.15) is 0 Å². The maximum Gasteiger partial charge on any atom is 1.00 e. The summed E-state index contributed by atoms with van der Waals surface area (Å²) >= 11 is 0. The summed E-state index contributed by atoms with van der Waals surface area (Å²) in [6.07, 6.45) is 4.07. The van der Waals surface area contributed by atoms with Gasteiger partial charge in [0.1, 0.15) is 0 Å². The van der Waals surface area contributed by atoms with E-state index >= 15 is 0 Å². The summed E-state index contributed by atoms with van der Waals surface area (Å²) in [5, 5.41) is 10.3. The monoisotopic (exact) mass is 210 g/mol. The third-order valence-electron chi connectivity index (χ3n) is 2.43. The Kier molecular flexibility index (Phi) is 12.3. The van der Waals surface area contributed by atoms with Crippen molar-refractivity contribution in [3.05, 3.63) is 0 Å². The normalized spacial score (nSPS) is 14.4. The quantitative estimate of drug-likeness (QED) is 0.506. The minimum absolute atomic E-state index is 0. The van der Waals surface area contributed by atoms with Crippen molar-refractivity contribution >= 4 is 5.97 Å². The molecule has 0 aromatic carbocycles. The van der Waals surface area contributed by atoms with E-state index in [1.54, 1.807) is 6.92 Å². The van der Waals surface area contributed by atoms with E-state index in [0.717, 1.165) is 25.2 Å². The van der Waals surface area contributed by atoms with E-state index in [2.05, 4.69) is 13.8 Å². The number of hydrogen-bond acceptors (Lipinski definition) is 2. The standard InChI is InChI=1S/C10H20O2.K/c1-4-8(2)6-5-7-9(3)10(11)12;/h8-9H,4-7H2,1-3H3,(H,11,12);/q;+1/p-1. The van der Waals surface area contributed by atoms with E-state index in [4.69, 9.17) is 0 Å². The zero-order valence-corrected chi connectivity index (χ0v) is 12.4. The second-order valence-corrected chi connectivity index (χ2v) is 3.66. The Morgan fingerprint density at radius 2 is 1.85 bits per heavy atom. The predicted octanol–water partition coefficient (Wildman–Crippen LogP) is -1.41. The zero-order chi connectivity index (χ0) is 9.56. The molecule has 2 unspecified atom stereocenters. The molecule has 2 nitrogen and oxygen atoms in total. The summed E-state index contributed by atoms with van der Waals surface area (Å²) in [5.74, 6) is -0.479. The van der Waals surface area contributed by atoms with Crippen LogP contribution < -0.4 is 56.5 Å². The van der Waals surface area contributed by atoms with Gasteiger partial charge in [0.25, 0.3) is 0 Å². The van der Waals surface area contributed by atoms with Crippen LogP contribution in [0.4, 0.5) is 0 Å². The molecule has 0 aromatic rings. The van der Waals surface area contributed by atoms with Crippen molar-refractivity contribution < 1.29 is 61.3 Å². The Hall–Kier alpha value is 1.11. The van der Waals surface area contributed by atoms with Crippen molar-refractivity contribution in [3.63, 3.8) is 0 Å². The minimum atomic E-state index is -0.917. The van der Waals surface area contributed by atoms with Crippen LogP contribution in [0.1, 0.15) is 46.5 Å². The van der Waals surface area contributed by atoms with E-state index in [1.807, 2.05) is 0 Å². The van der Waals surface area contributed by atoms with Crippen molar-refractivity contribution in [2.75, 3.05) is 0 Å². The van der Waals surface area contributed by atoms with Crippen LogP contribution in [0.5, 0.6) is 0 Å². The van der Waals surface area contributed by atoms with Gasteiger partial charge in [-0.1, -0.05) is 40.0 Å². The summed E-state index contributed by atoms with van der Waals surface area (Å²) in [5.41, 5.74) is 0. The average molecular weight is 210 g/mol. The van der Waals surface area contributed by atoms with Crippen LogP contribution in [0, 0.1) is 11.8 Å². The Labute approximate surface area is 124 Å². The number of carboxylic acids is 1. The molecule has 0 aliphatic rings. The van der Waals surface area contributed by atoms with Gasteiger partial charge in [-0.15, -0.1) is 0 Å². The van der Waals surface area contributed by atoms with Crippen molar-refractivity contribution in [1.82, 2.24) is 0 Å². The molecule has 0 radical (unpaired) electrons. The van der Waals surface area contributed by atoms with Gasteiger partial charge in [0.15, 0.2) is 0 Å². The number of aliphatic carboxylic acids is 1. The molecule has 0 fully saturated rings. The summed E-state index contributed by atoms with van der Waals surface area (Å²) in [6.45, 7) is 6.07. The molecule has 0 bridgehead atoms. The molecular formula is C10H19KO2. The third-order valence-corrected chi connectivity index (χ3v) is 2.43. The maximum atomic E-state index is 10.3. The van der Waals surface area contributed by atoms with Crippen molar-refractivity contribution in [1.29, 1.82) is 0 Å². The molecule has 0 N–H and O–H groups in total. The molecule has 72 valence electrons. The van der Waals surface area contributed by atoms with E-state index in [9.17, 15) is 9.90 Å². The van der Waals surface area contributed by atoms with E-state index in [-0.39, 0.29) is 57.3 Å². The Morgan fingerprint density at radius 3 is 2.23 bits per heavy atom. The van der Waals surface area contributed by atoms with Crippen molar-refractivity contribution in [2.24, 2.45) is 11.8 Å². The second-order valence-electron chi connectivity index (χ2n) is 3.66. The number of rotatable bonds is 6. The van der Waals surface area contributed by atoms with Gasteiger partial charge in [0.05, 0.1) is 0 Å². The zero-order valence-electron chi connectivity index (χ0n) is 9.30. The van der Waals surface area contributed by atoms with Gasteiger partial charge in [0, 0.05) is 5.97 Å². The Morgan fingerprint density at radius 1 is 1.31 bits per heavy atom. The van der Waals surface area contributed by atoms with Crippen molar-refractivity contribution in [2.45, 2.75) is 46.5 Å². The fourth-order valence-electron chi connectivity index (χ4n) is 1.09. The molecule has 0 saturated heterocycles. The number of hydrogen-bond donors (Lipinski definition) is 0. The molecule has 0 saturated carbocycles. The first-order valence-corrected chi connectivity index (χ1v) is 4.78. The van der Waals surface area contributed by atoms with Crippen LogP contribution in [0.25, 0.3) is 0 Å². The number of carboxylic acid groups (broad SMARTS) is 1. The van der Waals surface area contributed by atoms with Gasteiger partial charge < -0.3 is 9.90 Å². The predicted molar refractivity (Wildman–Crippen MR) is 47.5 cm³/mol. The van der Waals surface area contributed by atoms with E-state index < -0.39 is 5.97 Å². The molecule has 3 heteroatoms. The Balaban J connectivity index is 0. The summed E-state index contributed by atoms with van der Waals surface area (Å²) < 4.78 is 0. The van der Waals surface area contributed by atoms with Gasteiger partial charge in [0.2, 0.25) is 0 Å². The summed E-state index contributed by atoms with van der Waals surface area (Å²) in [4.78, 5) is 10.3. The molecule has 0 aliphatic heterocycles. The largest absolute Gasteiger partial charge is 1.00 e. The first-order chi connectivity index (χ1) is 5.57. The molecule has 13 heavy (non-hydrogen) atoms. The van der Waals surface area contributed by atoms with E-state index in [0.29, 0.717) is 0 Å². The van der Waals surface area contributed by atoms with Crippen LogP contribution in [0.3, 0.4) is 0 Å². The fraction of sp³-hybridized carbons (Fsp3) is 0.900. The van der Waals surface area contributed by atoms with Gasteiger partial charge in [-0.05, 0) is 18.3 Å². The second kappa shape index (κ2) is 9.65. The number of carbonyl (C=O) groups excluding carboxylic acids is 1. The maximum absolute atomic E-state index is 10.3. The topological polar surface area (TPSA) is 40.1 Å². The molecule has 0 spiro atoms.